The fourth-order valence-electron chi connectivity index (χ4n) is 4.07. The van der Waals surface area contributed by atoms with E-state index in [0.717, 1.165) is 25.3 Å². The third kappa shape index (κ3) is 3.55. The average Bonchev–Trinajstić information content (AvgIpc) is 3.33. The van der Waals surface area contributed by atoms with Gasteiger partial charge in [-0.3, -0.25) is 4.79 Å². The summed E-state index contributed by atoms with van der Waals surface area (Å²) in [6.45, 7) is 5.09. The van der Waals surface area contributed by atoms with Crippen molar-refractivity contribution in [2.45, 2.75) is 44.7 Å². The molecule has 2 aliphatic rings. The van der Waals surface area contributed by atoms with Crippen LogP contribution in [0.2, 0.25) is 5.02 Å². The Bertz CT molecular complexity index is 1060. The molecule has 1 atom stereocenters. The largest absolute Gasteiger partial charge is 0.511 e. The van der Waals surface area contributed by atoms with Gasteiger partial charge in [-0.25, -0.2) is 9.18 Å². The predicted octanol–water partition coefficient (Wildman–Crippen LogP) is 3.75. The van der Waals surface area contributed by atoms with Gasteiger partial charge in [-0.2, -0.15) is 0 Å². The molecule has 29 heavy (non-hydrogen) atoms. The summed E-state index contributed by atoms with van der Waals surface area (Å²) in [5.74, 6) is -0.790. The number of carboxylic acid groups (broad SMARTS) is 1. The number of benzene rings is 1. The molecular formula is C20H23ClFN3O4. The van der Waals surface area contributed by atoms with Crippen molar-refractivity contribution in [3.8, 4) is 5.75 Å². The quantitative estimate of drug-likeness (QED) is 0.727. The first-order valence-electron chi connectivity index (χ1n) is 9.59. The Morgan fingerprint density at radius 2 is 2.07 bits per heavy atom. The van der Waals surface area contributed by atoms with Crippen LogP contribution >= 0.6 is 11.6 Å². The summed E-state index contributed by atoms with van der Waals surface area (Å²) in [7, 11) is 0. The highest BCUT2D eigenvalue weighted by Gasteiger charge is 2.35. The van der Waals surface area contributed by atoms with Crippen molar-refractivity contribution >= 4 is 34.3 Å². The molecular weight excluding hydrogens is 401 g/mol. The van der Waals surface area contributed by atoms with Gasteiger partial charge in [0.05, 0.1) is 27.8 Å². The molecule has 3 N–H and O–H groups in total. The monoisotopic (exact) mass is 423 g/mol. The number of halogens is 2. The van der Waals surface area contributed by atoms with Crippen LogP contribution in [0.15, 0.2) is 17.1 Å². The van der Waals surface area contributed by atoms with E-state index in [-0.39, 0.29) is 33.8 Å². The summed E-state index contributed by atoms with van der Waals surface area (Å²) >= 11 is 6.67. The summed E-state index contributed by atoms with van der Waals surface area (Å²) < 4.78 is 21.5. The third-order valence-electron chi connectivity index (χ3n) is 5.85. The molecule has 4 rings (SSSR count). The molecule has 9 heteroatoms. The van der Waals surface area contributed by atoms with Crippen molar-refractivity contribution in [3.63, 3.8) is 0 Å². The zero-order valence-electron chi connectivity index (χ0n) is 16.2. The molecule has 1 aromatic heterocycles. The van der Waals surface area contributed by atoms with Gasteiger partial charge >= 0.3 is 6.16 Å². The van der Waals surface area contributed by atoms with Gasteiger partial charge in [0.1, 0.15) is 5.82 Å². The number of carbonyl (C=O) groups is 1. The molecule has 156 valence electrons. The van der Waals surface area contributed by atoms with Crippen LogP contribution < -0.4 is 20.8 Å². The van der Waals surface area contributed by atoms with Crippen LogP contribution in [-0.2, 0) is 0 Å². The van der Waals surface area contributed by atoms with E-state index in [4.69, 9.17) is 22.4 Å². The number of nitrogens with zero attached hydrogens (tertiary/aromatic N) is 2. The number of hydrogen-bond acceptors (Lipinski definition) is 5. The number of ether oxygens (including phenoxy) is 1. The lowest BCUT2D eigenvalue weighted by atomic mass is 9.88. The SMILES string of the molecule is CC(C)(N)[C@H]1CCN(c2c(F)cc3c(=O)c(OC(=O)O)cn(C4CC4)c3c2Cl)C1. The van der Waals surface area contributed by atoms with Gasteiger partial charge < -0.3 is 25.0 Å². The normalized spacial score (nSPS) is 19.8. The molecule has 2 aromatic rings. The van der Waals surface area contributed by atoms with Crippen molar-refractivity contribution in [1.82, 2.24) is 4.57 Å². The summed E-state index contributed by atoms with van der Waals surface area (Å²) in [4.78, 5) is 25.5. The maximum atomic E-state index is 15.1. The van der Waals surface area contributed by atoms with Crippen molar-refractivity contribution in [2.24, 2.45) is 11.7 Å². The van der Waals surface area contributed by atoms with Crippen molar-refractivity contribution in [3.05, 3.63) is 33.3 Å². The fraction of sp³-hybridized carbons (Fsp3) is 0.500. The lowest BCUT2D eigenvalue weighted by molar-refractivity contribution is 0.143. The summed E-state index contributed by atoms with van der Waals surface area (Å²) in [5, 5.41) is 9.07. The Morgan fingerprint density at radius 3 is 2.62 bits per heavy atom. The molecule has 1 aromatic carbocycles. The molecule has 1 aliphatic carbocycles. The second-order valence-electron chi connectivity index (χ2n) is 8.50. The smallest absolute Gasteiger partial charge is 0.449 e. The van der Waals surface area contributed by atoms with Gasteiger partial charge in [-0.15, -0.1) is 0 Å². The van der Waals surface area contributed by atoms with Crippen LogP contribution in [0.3, 0.4) is 0 Å². The van der Waals surface area contributed by atoms with E-state index in [9.17, 15) is 9.59 Å². The molecule has 2 fully saturated rings. The number of pyridine rings is 1. The number of fused-ring (bicyclic) bond motifs is 1. The van der Waals surface area contributed by atoms with E-state index in [1.807, 2.05) is 18.7 Å². The molecule has 0 amide bonds. The molecule has 0 unspecified atom stereocenters. The number of rotatable bonds is 4. The van der Waals surface area contributed by atoms with Crippen molar-refractivity contribution in [1.29, 1.82) is 0 Å². The Labute approximate surface area is 171 Å². The number of anilines is 1. The molecule has 0 radical (unpaired) electrons. The minimum absolute atomic E-state index is 0.0109. The van der Waals surface area contributed by atoms with Crippen LogP contribution in [0, 0.1) is 11.7 Å². The summed E-state index contributed by atoms with van der Waals surface area (Å²) in [6, 6.07) is 1.20. The first-order chi connectivity index (χ1) is 13.6. The molecule has 1 aliphatic heterocycles. The summed E-state index contributed by atoms with van der Waals surface area (Å²) in [5.41, 5.74) is 5.80. The molecule has 0 bridgehead atoms. The van der Waals surface area contributed by atoms with Crippen LogP contribution in [0.25, 0.3) is 10.9 Å². The van der Waals surface area contributed by atoms with Gasteiger partial charge in [0, 0.05) is 24.7 Å². The first kappa shape index (κ1) is 20.0. The number of aromatic nitrogens is 1. The highest BCUT2D eigenvalue weighted by Crippen LogP contribution is 2.44. The lowest BCUT2D eigenvalue weighted by Crippen LogP contribution is -2.42. The highest BCUT2D eigenvalue weighted by molar-refractivity contribution is 6.38. The maximum absolute atomic E-state index is 15.1. The van der Waals surface area contributed by atoms with Gasteiger partial charge in [-0.05, 0) is 45.1 Å². The standard InChI is InChI=1S/C20H23ClFN3O4/c1-20(2,23)10-5-6-24(8-10)17-13(22)7-12-16(15(17)21)25(11-3-4-11)9-14(18(12)26)29-19(27)28/h7,9-11H,3-6,8,23H2,1-2H3,(H,27,28)/t10-/m0/s1. The lowest BCUT2D eigenvalue weighted by Gasteiger charge is -2.28. The fourth-order valence-corrected chi connectivity index (χ4v) is 4.48. The Hall–Kier alpha value is -2.32. The number of hydrogen-bond donors (Lipinski definition) is 2. The molecule has 1 saturated heterocycles. The van der Waals surface area contributed by atoms with Crippen LogP contribution in [0.4, 0.5) is 14.9 Å². The second-order valence-corrected chi connectivity index (χ2v) is 8.88. The second kappa shape index (κ2) is 6.88. The topological polar surface area (TPSA) is 97.8 Å². The Morgan fingerprint density at radius 1 is 1.38 bits per heavy atom. The Kier molecular flexibility index (Phi) is 4.74. The zero-order chi connectivity index (χ0) is 21.1. The van der Waals surface area contributed by atoms with Crippen molar-refractivity contribution < 1.29 is 19.0 Å². The first-order valence-corrected chi connectivity index (χ1v) is 9.97. The predicted molar refractivity (Wildman–Crippen MR) is 109 cm³/mol. The Balaban J connectivity index is 1.88. The van der Waals surface area contributed by atoms with E-state index in [0.29, 0.717) is 18.6 Å². The molecule has 0 spiro atoms. The molecule has 7 nitrogen and oxygen atoms in total. The van der Waals surface area contributed by atoms with Crippen molar-refractivity contribution in [2.75, 3.05) is 18.0 Å². The van der Waals surface area contributed by atoms with Crippen LogP contribution in [0.5, 0.6) is 5.75 Å². The van der Waals surface area contributed by atoms with Gasteiger partial charge in [0.15, 0.2) is 5.75 Å². The summed E-state index contributed by atoms with van der Waals surface area (Å²) in [6.07, 6.45) is 2.30. The van der Waals surface area contributed by atoms with E-state index >= 15 is 4.39 Å². The highest BCUT2D eigenvalue weighted by atomic mass is 35.5. The minimum atomic E-state index is -1.60. The maximum Gasteiger partial charge on any atom is 0.511 e. The average molecular weight is 424 g/mol. The van der Waals surface area contributed by atoms with Gasteiger partial charge in [0.2, 0.25) is 5.43 Å². The number of nitrogens with two attached hydrogens (primary N) is 1. The van der Waals surface area contributed by atoms with E-state index in [1.165, 1.54) is 6.20 Å². The van der Waals surface area contributed by atoms with Crippen LogP contribution in [-0.4, -0.2) is 34.5 Å². The molecule has 1 saturated carbocycles. The zero-order valence-corrected chi connectivity index (χ0v) is 17.0. The minimum Gasteiger partial charge on any atom is -0.449 e. The molecule has 2 heterocycles. The van der Waals surface area contributed by atoms with Crippen LogP contribution in [0.1, 0.15) is 39.2 Å². The van der Waals surface area contributed by atoms with Gasteiger partial charge in [-0.1, -0.05) is 11.6 Å². The van der Waals surface area contributed by atoms with Gasteiger partial charge in [0.25, 0.3) is 0 Å². The van der Waals surface area contributed by atoms with E-state index in [2.05, 4.69) is 4.74 Å². The third-order valence-corrected chi connectivity index (χ3v) is 6.20. The van der Waals surface area contributed by atoms with E-state index in [1.54, 1.807) is 4.57 Å². The van der Waals surface area contributed by atoms with E-state index < -0.39 is 22.9 Å².